The van der Waals surface area contributed by atoms with E-state index in [1.54, 1.807) is 0 Å². The highest BCUT2D eigenvalue weighted by molar-refractivity contribution is 4.65. The Labute approximate surface area is 56.3 Å². The van der Waals surface area contributed by atoms with Gasteiger partial charge in [0.05, 0.1) is 0 Å². The highest BCUT2D eigenvalue weighted by Crippen LogP contribution is 2.09. The van der Waals surface area contributed by atoms with Crippen LogP contribution in [0, 0.1) is 5.92 Å². The second-order valence-electron chi connectivity index (χ2n) is 2.75. The third-order valence-corrected chi connectivity index (χ3v) is 1.91. The third-order valence-electron chi connectivity index (χ3n) is 1.91. The quantitative estimate of drug-likeness (QED) is 0.536. The first-order valence-electron chi connectivity index (χ1n) is 3.75. The van der Waals surface area contributed by atoms with E-state index in [0.717, 1.165) is 13.1 Å². The van der Waals surface area contributed by atoms with Crippen LogP contribution >= 0.6 is 0 Å². The molecule has 1 atom stereocenters. The summed E-state index contributed by atoms with van der Waals surface area (Å²) in [5.74, 6) is 0.521. The fraction of sp³-hybridized carbons (Fsp3) is 1.00. The topological polar surface area (TPSA) is 32.3 Å². The number of aliphatic hydroxyl groups is 1. The molecule has 0 aliphatic carbocycles. The molecule has 1 aliphatic heterocycles. The fourth-order valence-corrected chi connectivity index (χ4v) is 1.25. The number of aliphatic hydroxyl groups excluding tert-OH is 1. The molecule has 1 rings (SSSR count). The minimum atomic E-state index is 0.354. The highest BCUT2D eigenvalue weighted by Gasteiger charge is 2.08. The van der Waals surface area contributed by atoms with Crippen molar-refractivity contribution in [2.45, 2.75) is 19.3 Å². The minimum Gasteiger partial charge on any atom is -0.396 e. The van der Waals surface area contributed by atoms with Crippen LogP contribution in [0.3, 0.4) is 0 Å². The van der Waals surface area contributed by atoms with Crippen LogP contribution in [0.4, 0.5) is 0 Å². The van der Waals surface area contributed by atoms with E-state index in [9.17, 15) is 0 Å². The number of hydrogen-bond acceptors (Lipinski definition) is 2. The van der Waals surface area contributed by atoms with Crippen LogP contribution in [-0.4, -0.2) is 24.8 Å². The maximum atomic E-state index is 8.78. The van der Waals surface area contributed by atoms with E-state index in [4.69, 9.17) is 5.11 Å². The molecule has 0 amide bonds. The standard InChI is InChI=1S/C7H15NO/c9-6-7-3-1-2-4-8-5-7/h7-9H,1-6H2/t7-/m0/s1. The Morgan fingerprint density at radius 2 is 2.33 bits per heavy atom. The maximum absolute atomic E-state index is 8.78. The van der Waals surface area contributed by atoms with E-state index in [0.29, 0.717) is 12.5 Å². The van der Waals surface area contributed by atoms with Gasteiger partial charge in [0.1, 0.15) is 0 Å². The van der Waals surface area contributed by atoms with Gasteiger partial charge in [0.25, 0.3) is 0 Å². The Balaban J connectivity index is 2.18. The van der Waals surface area contributed by atoms with Gasteiger partial charge < -0.3 is 10.4 Å². The van der Waals surface area contributed by atoms with Crippen molar-refractivity contribution >= 4 is 0 Å². The summed E-state index contributed by atoms with van der Waals surface area (Å²) in [4.78, 5) is 0. The lowest BCUT2D eigenvalue weighted by Crippen LogP contribution is -2.22. The Hall–Kier alpha value is -0.0800. The molecule has 0 spiro atoms. The summed E-state index contributed by atoms with van der Waals surface area (Å²) >= 11 is 0. The van der Waals surface area contributed by atoms with Crippen molar-refractivity contribution in [2.24, 2.45) is 5.92 Å². The van der Waals surface area contributed by atoms with Crippen LogP contribution in [-0.2, 0) is 0 Å². The Morgan fingerprint density at radius 3 is 3.11 bits per heavy atom. The zero-order valence-electron chi connectivity index (χ0n) is 5.77. The van der Waals surface area contributed by atoms with Crippen LogP contribution in [0.25, 0.3) is 0 Å². The summed E-state index contributed by atoms with van der Waals surface area (Å²) in [7, 11) is 0. The largest absolute Gasteiger partial charge is 0.396 e. The average molecular weight is 129 g/mol. The second-order valence-corrected chi connectivity index (χ2v) is 2.75. The predicted octanol–water partition coefficient (Wildman–Crippen LogP) is 0.368. The molecular formula is C7H15NO. The average Bonchev–Trinajstić information content (AvgIpc) is 2.13. The first kappa shape index (κ1) is 7.03. The Morgan fingerprint density at radius 1 is 1.44 bits per heavy atom. The van der Waals surface area contributed by atoms with Gasteiger partial charge in [0, 0.05) is 13.2 Å². The molecule has 0 saturated carbocycles. The molecule has 1 fully saturated rings. The molecule has 2 nitrogen and oxygen atoms in total. The zero-order chi connectivity index (χ0) is 6.53. The maximum Gasteiger partial charge on any atom is 0.0471 e. The summed E-state index contributed by atoms with van der Waals surface area (Å²) in [6, 6.07) is 0. The third kappa shape index (κ3) is 2.33. The van der Waals surface area contributed by atoms with E-state index in [2.05, 4.69) is 5.32 Å². The molecule has 2 N–H and O–H groups in total. The number of nitrogens with one attached hydrogen (secondary N) is 1. The monoisotopic (exact) mass is 129 g/mol. The van der Waals surface area contributed by atoms with Gasteiger partial charge in [-0.15, -0.1) is 0 Å². The van der Waals surface area contributed by atoms with Crippen LogP contribution in [0.5, 0.6) is 0 Å². The molecule has 1 heterocycles. The molecule has 54 valence electrons. The SMILES string of the molecule is OC[C@H]1CCCCNC1. The molecule has 0 unspecified atom stereocenters. The summed E-state index contributed by atoms with van der Waals surface area (Å²) in [6.45, 7) is 2.50. The van der Waals surface area contributed by atoms with Gasteiger partial charge in [-0.2, -0.15) is 0 Å². The van der Waals surface area contributed by atoms with Crippen LogP contribution in [0.2, 0.25) is 0 Å². The summed E-state index contributed by atoms with van der Waals surface area (Å²) in [6.07, 6.45) is 3.75. The van der Waals surface area contributed by atoms with Crippen molar-refractivity contribution in [3.8, 4) is 0 Å². The zero-order valence-corrected chi connectivity index (χ0v) is 5.77. The van der Waals surface area contributed by atoms with Gasteiger partial charge in [-0.3, -0.25) is 0 Å². The van der Waals surface area contributed by atoms with Crippen molar-refractivity contribution < 1.29 is 5.11 Å². The second kappa shape index (κ2) is 3.85. The molecule has 2 heteroatoms. The minimum absolute atomic E-state index is 0.354. The summed E-state index contributed by atoms with van der Waals surface area (Å²) < 4.78 is 0. The van der Waals surface area contributed by atoms with Crippen molar-refractivity contribution in [2.75, 3.05) is 19.7 Å². The van der Waals surface area contributed by atoms with Gasteiger partial charge in [-0.1, -0.05) is 6.42 Å². The van der Waals surface area contributed by atoms with Gasteiger partial charge in [-0.05, 0) is 25.3 Å². The normalized spacial score (nSPS) is 29.7. The van der Waals surface area contributed by atoms with Crippen molar-refractivity contribution in [1.82, 2.24) is 5.32 Å². The van der Waals surface area contributed by atoms with Crippen LogP contribution in [0.1, 0.15) is 19.3 Å². The van der Waals surface area contributed by atoms with Crippen molar-refractivity contribution in [3.63, 3.8) is 0 Å². The van der Waals surface area contributed by atoms with Crippen LogP contribution < -0.4 is 5.32 Å². The molecule has 1 saturated heterocycles. The molecule has 0 radical (unpaired) electrons. The van der Waals surface area contributed by atoms with Gasteiger partial charge in [0.2, 0.25) is 0 Å². The number of hydrogen-bond donors (Lipinski definition) is 2. The summed E-state index contributed by atoms with van der Waals surface area (Å²) in [5, 5.41) is 12.1. The van der Waals surface area contributed by atoms with Gasteiger partial charge in [0.15, 0.2) is 0 Å². The Kier molecular flexibility index (Phi) is 3.01. The van der Waals surface area contributed by atoms with Gasteiger partial charge >= 0.3 is 0 Å². The van der Waals surface area contributed by atoms with E-state index in [-0.39, 0.29) is 0 Å². The van der Waals surface area contributed by atoms with E-state index in [1.165, 1.54) is 19.3 Å². The van der Waals surface area contributed by atoms with Gasteiger partial charge in [-0.25, -0.2) is 0 Å². The lowest BCUT2D eigenvalue weighted by molar-refractivity contribution is 0.220. The smallest absolute Gasteiger partial charge is 0.0471 e. The van der Waals surface area contributed by atoms with Crippen molar-refractivity contribution in [3.05, 3.63) is 0 Å². The lowest BCUT2D eigenvalue weighted by Gasteiger charge is -2.08. The molecular weight excluding hydrogens is 114 g/mol. The van der Waals surface area contributed by atoms with Crippen molar-refractivity contribution in [1.29, 1.82) is 0 Å². The molecule has 0 aromatic rings. The molecule has 0 bridgehead atoms. The molecule has 1 aliphatic rings. The summed E-state index contributed by atoms with van der Waals surface area (Å²) in [5.41, 5.74) is 0. The Bertz CT molecular complexity index is 67.3. The molecule has 0 aromatic carbocycles. The lowest BCUT2D eigenvalue weighted by atomic mass is 10.1. The number of rotatable bonds is 1. The fourth-order valence-electron chi connectivity index (χ4n) is 1.25. The first-order valence-corrected chi connectivity index (χ1v) is 3.75. The van der Waals surface area contributed by atoms with E-state index < -0.39 is 0 Å². The first-order chi connectivity index (χ1) is 4.43. The van der Waals surface area contributed by atoms with E-state index in [1.807, 2.05) is 0 Å². The van der Waals surface area contributed by atoms with Crippen LogP contribution in [0.15, 0.2) is 0 Å². The highest BCUT2D eigenvalue weighted by atomic mass is 16.3. The molecule has 0 aromatic heterocycles. The predicted molar refractivity (Wildman–Crippen MR) is 37.3 cm³/mol. The van der Waals surface area contributed by atoms with E-state index >= 15 is 0 Å². The molecule has 9 heavy (non-hydrogen) atoms.